The number of aryl methyl sites for hydroxylation is 1. The average Bonchev–Trinajstić information content (AvgIpc) is 2.28. The molecule has 1 unspecified atom stereocenters. The molecule has 1 aromatic carbocycles. The summed E-state index contributed by atoms with van der Waals surface area (Å²) in [6.45, 7) is 0.763. The monoisotopic (exact) mass is 278 g/mol. The molecule has 0 aliphatic heterocycles. The maximum absolute atomic E-state index is 12.1. The smallest absolute Gasteiger partial charge is 0.416 e. The van der Waals surface area contributed by atoms with Crippen LogP contribution in [-0.4, -0.2) is 35.0 Å². The van der Waals surface area contributed by atoms with Gasteiger partial charge >= 0.3 is 12.1 Å². The standard InChI is InChI=1S/C11H13F3N2O3/c1-5-2-6(3-7(9(5)15)10(18)19)16-4-8(17)11(12,13)14/h2-3,8,16-17H,4,15H2,1H3,(H,18,19). The van der Waals surface area contributed by atoms with Gasteiger partial charge in [0.1, 0.15) is 0 Å². The van der Waals surface area contributed by atoms with Gasteiger partial charge in [-0.25, -0.2) is 4.79 Å². The summed E-state index contributed by atoms with van der Waals surface area (Å²) in [5.74, 6) is -1.28. The Balaban J connectivity index is 2.89. The minimum atomic E-state index is -4.73. The first kappa shape index (κ1) is 15.1. The van der Waals surface area contributed by atoms with Gasteiger partial charge in [0.05, 0.1) is 5.56 Å². The number of nitrogens with two attached hydrogens (primary N) is 1. The highest BCUT2D eigenvalue weighted by molar-refractivity contribution is 5.95. The second kappa shape index (κ2) is 5.35. The lowest BCUT2D eigenvalue weighted by Crippen LogP contribution is -2.35. The highest BCUT2D eigenvalue weighted by atomic mass is 19.4. The lowest BCUT2D eigenvalue weighted by Gasteiger charge is -2.17. The van der Waals surface area contributed by atoms with Gasteiger partial charge in [-0.2, -0.15) is 13.2 Å². The maximum atomic E-state index is 12.1. The van der Waals surface area contributed by atoms with Crippen molar-refractivity contribution in [1.29, 1.82) is 0 Å². The predicted molar refractivity (Wildman–Crippen MR) is 63.1 cm³/mol. The molecule has 0 radical (unpaired) electrons. The lowest BCUT2D eigenvalue weighted by atomic mass is 10.1. The molecule has 0 fully saturated rings. The number of benzene rings is 1. The quantitative estimate of drug-likeness (QED) is 0.628. The number of rotatable bonds is 4. The SMILES string of the molecule is Cc1cc(NCC(O)C(F)(F)F)cc(C(=O)O)c1N. The molecular formula is C11H13F3N2O3. The van der Waals surface area contributed by atoms with Crippen molar-refractivity contribution in [1.82, 2.24) is 0 Å². The number of aromatic carboxylic acids is 1. The molecule has 1 atom stereocenters. The molecule has 8 heteroatoms. The van der Waals surface area contributed by atoms with Gasteiger partial charge in [0.15, 0.2) is 6.10 Å². The van der Waals surface area contributed by atoms with Crippen LogP contribution in [0.1, 0.15) is 15.9 Å². The van der Waals surface area contributed by atoms with E-state index in [0.29, 0.717) is 5.56 Å². The molecule has 5 nitrogen and oxygen atoms in total. The summed E-state index contributed by atoms with van der Waals surface area (Å²) in [5, 5.41) is 20.0. The van der Waals surface area contributed by atoms with Crippen molar-refractivity contribution in [3.8, 4) is 0 Å². The van der Waals surface area contributed by atoms with E-state index in [4.69, 9.17) is 15.9 Å². The van der Waals surface area contributed by atoms with Crippen LogP contribution in [0.3, 0.4) is 0 Å². The molecule has 106 valence electrons. The second-order valence-electron chi connectivity index (χ2n) is 4.00. The maximum Gasteiger partial charge on any atom is 0.416 e. The van der Waals surface area contributed by atoms with Gasteiger partial charge in [0.25, 0.3) is 0 Å². The van der Waals surface area contributed by atoms with E-state index in [-0.39, 0.29) is 16.9 Å². The first-order valence-electron chi connectivity index (χ1n) is 5.25. The van der Waals surface area contributed by atoms with Gasteiger partial charge in [-0.05, 0) is 24.6 Å². The zero-order valence-corrected chi connectivity index (χ0v) is 9.95. The largest absolute Gasteiger partial charge is 0.478 e. The van der Waals surface area contributed by atoms with Gasteiger partial charge in [-0.3, -0.25) is 0 Å². The van der Waals surface area contributed by atoms with Crippen molar-refractivity contribution >= 4 is 17.3 Å². The van der Waals surface area contributed by atoms with Crippen molar-refractivity contribution in [3.05, 3.63) is 23.3 Å². The molecule has 5 N–H and O–H groups in total. The average molecular weight is 278 g/mol. The molecule has 0 heterocycles. The summed E-state index contributed by atoms with van der Waals surface area (Å²) >= 11 is 0. The van der Waals surface area contributed by atoms with Crippen molar-refractivity contribution in [2.24, 2.45) is 0 Å². The Morgan fingerprint density at radius 2 is 2.05 bits per heavy atom. The van der Waals surface area contributed by atoms with Crippen LogP contribution < -0.4 is 11.1 Å². The zero-order chi connectivity index (χ0) is 14.8. The van der Waals surface area contributed by atoms with Gasteiger partial charge in [0.2, 0.25) is 0 Å². The van der Waals surface area contributed by atoms with E-state index in [0.717, 1.165) is 6.07 Å². The molecule has 0 aliphatic carbocycles. The van der Waals surface area contributed by atoms with E-state index >= 15 is 0 Å². The number of carbonyl (C=O) groups is 1. The van der Waals surface area contributed by atoms with Crippen LogP contribution in [-0.2, 0) is 0 Å². The Bertz CT molecular complexity index is 489. The minimum Gasteiger partial charge on any atom is -0.478 e. The summed E-state index contributed by atoms with van der Waals surface area (Å²) in [5.41, 5.74) is 5.95. The van der Waals surface area contributed by atoms with E-state index in [1.807, 2.05) is 0 Å². The normalized spacial score (nSPS) is 13.1. The lowest BCUT2D eigenvalue weighted by molar-refractivity contribution is -0.198. The van der Waals surface area contributed by atoms with Gasteiger partial charge in [0, 0.05) is 17.9 Å². The Morgan fingerprint density at radius 3 is 2.53 bits per heavy atom. The summed E-state index contributed by atoms with van der Waals surface area (Å²) in [6.07, 6.45) is -7.26. The minimum absolute atomic E-state index is 0.0504. The first-order chi connectivity index (χ1) is 8.62. The van der Waals surface area contributed by atoms with Crippen LogP contribution in [0.25, 0.3) is 0 Å². The number of anilines is 2. The Kier molecular flexibility index (Phi) is 4.25. The van der Waals surface area contributed by atoms with Gasteiger partial charge < -0.3 is 21.3 Å². The van der Waals surface area contributed by atoms with Gasteiger partial charge in [-0.15, -0.1) is 0 Å². The first-order valence-corrected chi connectivity index (χ1v) is 5.25. The van der Waals surface area contributed by atoms with Crippen LogP contribution in [0.15, 0.2) is 12.1 Å². The molecular weight excluding hydrogens is 265 g/mol. The molecule has 0 bridgehead atoms. The molecule has 0 aromatic heterocycles. The number of aliphatic hydroxyl groups excluding tert-OH is 1. The summed E-state index contributed by atoms with van der Waals surface area (Å²) in [6, 6.07) is 2.53. The van der Waals surface area contributed by atoms with Crippen molar-refractivity contribution in [2.75, 3.05) is 17.6 Å². The van der Waals surface area contributed by atoms with Gasteiger partial charge in [-0.1, -0.05) is 0 Å². The highest BCUT2D eigenvalue weighted by Gasteiger charge is 2.37. The van der Waals surface area contributed by atoms with E-state index in [2.05, 4.69) is 5.32 Å². The Morgan fingerprint density at radius 1 is 1.47 bits per heavy atom. The molecule has 1 rings (SSSR count). The zero-order valence-electron chi connectivity index (χ0n) is 9.95. The fourth-order valence-electron chi connectivity index (χ4n) is 1.41. The van der Waals surface area contributed by atoms with Crippen molar-refractivity contribution in [2.45, 2.75) is 19.2 Å². The van der Waals surface area contributed by atoms with E-state index in [9.17, 15) is 18.0 Å². The third-order valence-corrected chi connectivity index (χ3v) is 2.49. The number of hydrogen-bond acceptors (Lipinski definition) is 4. The second-order valence-corrected chi connectivity index (χ2v) is 4.00. The molecule has 0 saturated carbocycles. The number of halogens is 3. The number of alkyl halides is 3. The third-order valence-electron chi connectivity index (χ3n) is 2.49. The fourth-order valence-corrected chi connectivity index (χ4v) is 1.41. The Hall–Kier alpha value is -1.96. The molecule has 0 spiro atoms. The topological polar surface area (TPSA) is 95.6 Å². The van der Waals surface area contributed by atoms with Crippen LogP contribution in [0.2, 0.25) is 0 Å². The Labute approximate surface area is 106 Å². The molecule has 0 aliphatic rings. The van der Waals surface area contributed by atoms with Crippen LogP contribution in [0, 0.1) is 6.92 Å². The van der Waals surface area contributed by atoms with Crippen molar-refractivity contribution in [3.63, 3.8) is 0 Å². The number of carboxylic acids is 1. The molecule has 0 amide bonds. The summed E-state index contributed by atoms with van der Waals surface area (Å²) < 4.78 is 36.3. The van der Waals surface area contributed by atoms with E-state index in [1.165, 1.54) is 13.0 Å². The van der Waals surface area contributed by atoms with Crippen LogP contribution in [0.5, 0.6) is 0 Å². The number of nitrogens with one attached hydrogen (secondary N) is 1. The summed E-state index contributed by atoms with van der Waals surface area (Å²) in [7, 11) is 0. The fraction of sp³-hybridized carbons (Fsp3) is 0.364. The number of aliphatic hydroxyl groups is 1. The van der Waals surface area contributed by atoms with Crippen molar-refractivity contribution < 1.29 is 28.2 Å². The van der Waals surface area contributed by atoms with Crippen LogP contribution >= 0.6 is 0 Å². The molecule has 19 heavy (non-hydrogen) atoms. The predicted octanol–water partition coefficient (Wildman–Crippen LogP) is 1.61. The number of carboxylic acid groups (broad SMARTS) is 1. The number of nitrogen functional groups attached to an aromatic ring is 1. The summed E-state index contributed by atoms with van der Waals surface area (Å²) in [4.78, 5) is 10.9. The molecule has 0 saturated heterocycles. The highest BCUT2D eigenvalue weighted by Crippen LogP contribution is 2.24. The third kappa shape index (κ3) is 3.75. The molecule has 1 aromatic rings. The van der Waals surface area contributed by atoms with E-state index < -0.39 is 24.8 Å². The van der Waals surface area contributed by atoms with Crippen LogP contribution in [0.4, 0.5) is 24.5 Å². The number of hydrogen-bond donors (Lipinski definition) is 4. The van der Waals surface area contributed by atoms with E-state index in [1.54, 1.807) is 0 Å².